The van der Waals surface area contributed by atoms with E-state index >= 15 is 0 Å². The van der Waals surface area contributed by atoms with Gasteiger partial charge >= 0.3 is 12.2 Å². The van der Waals surface area contributed by atoms with E-state index in [1.165, 1.54) is 6.92 Å². The van der Waals surface area contributed by atoms with E-state index in [-0.39, 0.29) is 11.8 Å². The second-order valence-corrected chi connectivity index (χ2v) is 4.94. The monoisotopic (exact) mass is 248 g/mol. The van der Waals surface area contributed by atoms with Gasteiger partial charge in [0.25, 0.3) is 5.79 Å². The minimum Gasteiger partial charge on any atom is -0.406 e. The van der Waals surface area contributed by atoms with E-state index in [0.717, 1.165) is 0 Å². The highest BCUT2D eigenvalue weighted by Crippen LogP contribution is 2.30. The zero-order valence-electron chi connectivity index (χ0n) is 10.5. The number of hydrogen-bond donors (Lipinski definition) is 4. The van der Waals surface area contributed by atoms with Crippen LogP contribution in [0.15, 0.2) is 0 Å². The highest BCUT2D eigenvalue weighted by atomic mass is 16.7. The van der Waals surface area contributed by atoms with Crippen molar-refractivity contribution in [3.63, 3.8) is 0 Å². The average Bonchev–Trinajstić information content (AvgIpc) is 2.13. The van der Waals surface area contributed by atoms with Crippen LogP contribution in [0.3, 0.4) is 0 Å². The molecular weight excluding hydrogens is 228 g/mol. The summed E-state index contributed by atoms with van der Waals surface area (Å²) in [5.41, 5.74) is 3.35. The molecule has 0 bridgehead atoms. The average molecular weight is 248 g/mol. The van der Waals surface area contributed by atoms with Gasteiger partial charge in [0.05, 0.1) is 0 Å². The van der Waals surface area contributed by atoms with Gasteiger partial charge in [0, 0.05) is 13.3 Å². The van der Waals surface area contributed by atoms with Gasteiger partial charge in [-0.05, 0) is 5.41 Å². The summed E-state index contributed by atoms with van der Waals surface area (Å²) in [6.45, 7) is 7.15. The third-order valence-electron chi connectivity index (χ3n) is 1.70. The molecule has 0 aromatic carbocycles. The molecule has 0 atom stereocenters. The van der Waals surface area contributed by atoms with Crippen molar-refractivity contribution in [3.05, 3.63) is 0 Å². The standard InChI is InChI=1S/C9H20N4O4/c1-8(2,3)5-9(4,16-6(14)12-10)17-7(15)13-11/h5,10-11H2,1-4H3,(H,12,14)(H,13,15). The third kappa shape index (κ3) is 6.59. The largest absolute Gasteiger partial charge is 0.424 e. The summed E-state index contributed by atoms with van der Waals surface area (Å²) in [6, 6.07) is 0. The van der Waals surface area contributed by atoms with Crippen LogP contribution in [0.5, 0.6) is 0 Å². The first-order valence-corrected chi connectivity index (χ1v) is 5.01. The maximum atomic E-state index is 11.1. The zero-order valence-corrected chi connectivity index (χ0v) is 10.5. The summed E-state index contributed by atoms with van der Waals surface area (Å²) in [5, 5.41) is 0. The van der Waals surface area contributed by atoms with Gasteiger partial charge in [0.1, 0.15) is 0 Å². The maximum absolute atomic E-state index is 11.1. The predicted molar refractivity (Wildman–Crippen MR) is 60.1 cm³/mol. The Kier molecular flexibility index (Phi) is 5.17. The Hall–Kier alpha value is -1.54. The lowest BCUT2D eigenvalue weighted by molar-refractivity contribution is -0.167. The molecule has 0 aromatic rings. The van der Waals surface area contributed by atoms with E-state index in [2.05, 4.69) is 0 Å². The van der Waals surface area contributed by atoms with E-state index in [4.69, 9.17) is 21.2 Å². The van der Waals surface area contributed by atoms with Crippen molar-refractivity contribution in [2.45, 2.75) is 39.9 Å². The molecule has 0 saturated carbocycles. The summed E-state index contributed by atoms with van der Waals surface area (Å²) < 4.78 is 9.84. The molecule has 0 spiro atoms. The van der Waals surface area contributed by atoms with Gasteiger partial charge in [-0.1, -0.05) is 20.8 Å². The van der Waals surface area contributed by atoms with Crippen molar-refractivity contribution >= 4 is 12.2 Å². The Morgan fingerprint density at radius 1 is 1.00 bits per heavy atom. The van der Waals surface area contributed by atoms with Crippen LogP contribution in [0.25, 0.3) is 0 Å². The molecule has 0 rings (SSSR count). The summed E-state index contributed by atoms with van der Waals surface area (Å²) in [5.74, 6) is 8.35. The van der Waals surface area contributed by atoms with Gasteiger partial charge in [0.15, 0.2) is 0 Å². The molecule has 17 heavy (non-hydrogen) atoms. The molecular formula is C9H20N4O4. The van der Waals surface area contributed by atoms with Gasteiger partial charge in [-0.15, -0.1) is 0 Å². The highest BCUT2D eigenvalue weighted by Gasteiger charge is 2.37. The lowest BCUT2D eigenvalue weighted by Crippen LogP contribution is -2.47. The topological polar surface area (TPSA) is 129 Å². The number of amides is 2. The Morgan fingerprint density at radius 2 is 1.35 bits per heavy atom. The summed E-state index contributed by atoms with van der Waals surface area (Å²) >= 11 is 0. The molecule has 0 heterocycles. The van der Waals surface area contributed by atoms with E-state index in [1.807, 2.05) is 20.8 Å². The Bertz CT molecular complexity index is 269. The lowest BCUT2D eigenvalue weighted by atomic mass is 9.88. The molecule has 0 unspecified atom stereocenters. The molecule has 0 aliphatic heterocycles. The summed E-state index contributed by atoms with van der Waals surface area (Å²) in [6.07, 6.45) is -1.52. The molecule has 0 saturated heterocycles. The Morgan fingerprint density at radius 3 is 1.59 bits per heavy atom. The van der Waals surface area contributed by atoms with Crippen LogP contribution >= 0.6 is 0 Å². The molecule has 0 aromatic heterocycles. The van der Waals surface area contributed by atoms with Crippen molar-refractivity contribution in [2.24, 2.45) is 17.1 Å². The maximum Gasteiger partial charge on any atom is 0.424 e. The SMILES string of the molecule is CC(C)(C)CC(C)(OC(=O)NN)OC(=O)NN. The molecule has 0 radical (unpaired) electrons. The fourth-order valence-electron chi connectivity index (χ4n) is 1.51. The molecule has 0 aliphatic rings. The number of ether oxygens (including phenoxy) is 2. The van der Waals surface area contributed by atoms with Crippen molar-refractivity contribution < 1.29 is 19.1 Å². The minimum absolute atomic E-state index is 0.238. The predicted octanol–water partition coefficient (Wildman–Crippen LogP) is 0.339. The summed E-state index contributed by atoms with van der Waals surface area (Å²) in [4.78, 5) is 22.2. The second kappa shape index (κ2) is 5.69. The highest BCUT2D eigenvalue weighted by molar-refractivity contribution is 5.69. The van der Waals surface area contributed by atoms with Crippen LogP contribution in [0.4, 0.5) is 9.59 Å². The zero-order chi connectivity index (χ0) is 13.7. The van der Waals surface area contributed by atoms with Gasteiger partial charge in [-0.2, -0.15) is 0 Å². The normalized spacial score (nSPS) is 11.6. The van der Waals surface area contributed by atoms with Gasteiger partial charge in [-0.25, -0.2) is 21.3 Å². The number of carbonyl (C=O) groups excluding carboxylic acids is 2. The molecule has 2 amide bonds. The van der Waals surface area contributed by atoms with Crippen molar-refractivity contribution in [3.8, 4) is 0 Å². The van der Waals surface area contributed by atoms with E-state index in [1.54, 1.807) is 10.9 Å². The molecule has 0 aliphatic carbocycles. The third-order valence-corrected chi connectivity index (χ3v) is 1.70. The van der Waals surface area contributed by atoms with Crippen LogP contribution in [0, 0.1) is 5.41 Å². The van der Waals surface area contributed by atoms with Crippen LogP contribution in [-0.2, 0) is 9.47 Å². The molecule has 8 heteroatoms. The number of hydrazine groups is 2. The van der Waals surface area contributed by atoms with E-state index in [0.29, 0.717) is 0 Å². The summed E-state index contributed by atoms with van der Waals surface area (Å²) in [7, 11) is 0. The molecule has 8 nitrogen and oxygen atoms in total. The van der Waals surface area contributed by atoms with Crippen molar-refractivity contribution in [2.75, 3.05) is 0 Å². The first-order chi connectivity index (χ1) is 7.62. The fourth-order valence-corrected chi connectivity index (χ4v) is 1.51. The lowest BCUT2D eigenvalue weighted by Gasteiger charge is -2.33. The van der Waals surface area contributed by atoms with Crippen LogP contribution in [-0.4, -0.2) is 18.0 Å². The van der Waals surface area contributed by atoms with Crippen molar-refractivity contribution in [1.29, 1.82) is 0 Å². The smallest absolute Gasteiger partial charge is 0.406 e. The quantitative estimate of drug-likeness (QED) is 0.247. The van der Waals surface area contributed by atoms with Gasteiger partial charge < -0.3 is 9.47 Å². The number of hydrogen-bond acceptors (Lipinski definition) is 6. The second-order valence-electron chi connectivity index (χ2n) is 4.94. The Labute approximate surface area is 99.9 Å². The molecule has 6 N–H and O–H groups in total. The number of rotatable bonds is 3. The van der Waals surface area contributed by atoms with Crippen LogP contribution in [0.1, 0.15) is 34.1 Å². The molecule has 0 fully saturated rings. The van der Waals surface area contributed by atoms with Gasteiger partial charge in [-0.3, -0.25) is 10.9 Å². The number of nitrogens with two attached hydrogens (primary N) is 2. The Balaban J connectivity index is 4.80. The first-order valence-electron chi connectivity index (χ1n) is 5.01. The molecule has 100 valence electrons. The number of nitrogens with one attached hydrogen (secondary N) is 2. The fraction of sp³-hybridized carbons (Fsp3) is 0.778. The van der Waals surface area contributed by atoms with E-state index in [9.17, 15) is 9.59 Å². The first kappa shape index (κ1) is 15.5. The van der Waals surface area contributed by atoms with Crippen molar-refractivity contribution in [1.82, 2.24) is 10.9 Å². The minimum atomic E-state index is -1.45. The van der Waals surface area contributed by atoms with Crippen LogP contribution in [0.2, 0.25) is 0 Å². The number of carbonyl (C=O) groups is 2. The van der Waals surface area contributed by atoms with Crippen LogP contribution < -0.4 is 22.5 Å². The van der Waals surface area contributed by atoms with E-state index < -0.39 is 18.0 Å². The van der Waals surface area contributed by atoms with Gasteiger partial charge in [0.2, 0.25) is 0 Å².